The fraction of sp³-hybridized carbons (Fsp3) is 0.0323. The molecule has 0 saturated heterocycles. The van der Waals surface area contributed by atoms with Crippen LogP contribution in [0.1, 0.15) is 6.92 Å². The summed E-state index contributed by atoms with van der Waals surface area (Å²) < 4.78 is 0. The van der Waals surface area contributed by atoms with Crippen LogP contribution in [0.3, 0.4) is 0 Å². The van der Waals surface area contributed by atoms with Crippen molar-refractivity contribution in [1.29, 1.82) is 0 Å². The van der Waals surface area contributed by atoms with Crippen molar-refractivity contribution in [1.82, 2.24) is 9.97 Å². The molecule has 0 aliphatic heterocycles. The molecule has 2 heterocycles. The van der Waals surface area contributed by atoms with Gasteiger partial charge in [0, 0.05) is 18.0 Å². The number of benzene rings is 3. The molecule has 0 N–H and O–H groups in total. The monoisotopic (exact) mass is 570 g/mol. The van der Waals surface area contributed by atoms with Crippen molar-refractivity contribution >= 4 is 0 Å². The summed E-state index contributed by atoms with van der Waals surface area (Å²) >= 11 is 0. The van der Waals surface area contributed by atoms with Crippen molar-refractivity contribution in [2.75, 3.05) is 0 Å². The Labute approximate surface area is 238 Å². The molecule has 3 aromatic carbocycles. The Hall–Kier alpha value is -2.68. The van der Waals surface area contributed by atoms with Gasteiger partial charge >= 0.3 is 41.3 Å². The van der Waals surface area contributed by atoms with Gasteiger partial charge in [0.15, 0.2) is 0 Å². The summed E-state index contributed by atoms with van der Waals surface area (Å²) in [6.07, 6.45) is 3.72. The van der Waals surface area contributed by atoms with Gasteiger partial charge in [0.05, 0.1) is 5.69 Å². The molecule has 0 aliphatic rings. The van der Waals surface area contributed by atoms with Gasteiger partial charge < -0.3 is 19.3 Å². The van der Waals surface area contributed by atoms with Crippen molar-refractivity contribution in [3.63, 3.8) is 0 Å². The van der Waals surface area contributed by atoms with Crippen LogP contribution in [0.15, 0.2) is 128 Å². The molecule has 2 nitrogen and oxygen atoms in total. The Bertz CT molecular complexity index is 1050. The Balaban J connectivity index is 0.000000318. The van der Waals surface area contributed by atoms with E-state index >= 15 is 0 Å². The van der Waals surface area contributed by atoms with Crippen LogP contribution in [0, 0.1) is 61.7 Å². The molecule has 34 heavy (non-hydrogen) atoms. The number of aromatic nitrogens is 2. The molecule has 166 valence electrons. The topological polar surface area (TPSA) is 25.8 Å². The predicted octanol–water partition coefficient (Wildman–Crippen LogP) is 8.26. The maximum atomic E-state index is 4.49. The summed E-state index contributed by atoms with van der Waals surface area (Å²) in [6.45, 7) is 5.00. The minimum atomic E-state index is 0. The first-order valence-corrected chi connectivity index (χ1v) is 10.6. The number of pyridine rings is 2. The molecule has 0 atom stereocenters. The molecule has 2 aromatic heterocycles. The Morgan fingerprint density at radius 1 is 0.559 bits per heavy atom. The molecule has 0 fully saturated rings. The van der Waals surface area contributed by atoms with Crippen LogP contribution >= 0.6 is 0 Å². The minimum absolute atomic E-state index is 0. The summed E-state index contributed by atoms with van der Waals surface area (Å²) in [5, 5.41) is 0. The summed E-state index contributed by atoms with van der Waals surface area (Å²) in [5.74, 6) is 0. The van der Waals surface area contributed by atoms with Gasteiger partial charge in [-0.25, -0.2) is 0 Å². The van der Waals surface area contributed by atoms with Gasteiger partial charge in [-0.3, -0.25) is 4.98 Å². The van der Waals surface area contributed by atoms with E-state index in [0.717, 1.165) is 28.1 Å². The van der Waals surface area contributed by atoms with Crippen LogP contribution in [-0.4, -0.2) is 9.97 Å². The van der Waals surface area contributed by atoms with Gasteiger partial charge in [0.2, 0.25) is 0 Å². The molecule has 0 saturated carbocycles. The third-order valence-electron chi connectivity index (χ3n) is 4.59. The standard InChI is InChI=1S/C17H12N.C11H9N.C2H5.CH3.Pr/c1-3-7-14(8-4-1)16-11-12-17(18-13-16)15-9-5-2-6-10-15;1-2-6-10(7-3-1)11-8-4-5-9-12-11;1-2;;/h1-9,11-13H;1-9H;1H2,2H3;1H3;/q-1;;2*-1;+3. The summed E-state index contributed by atoms with van der Waals surface area (Å²) in [7, 11) is 0. The minimum Gasteiger partial charge on any atom is -0.358 e. The number of rotatable bonds is 3. The van der Waals surface area contributed by atoms with Gasteiger partial charge in [-0.15, -0.1) is 35.9 Å². The normalized spacial score (nSPS) is 9.00. The summed E-state index contributed by atoms with van der Waals surface area (Å²) in [6, 6.07) is 41.5. The molecular formula is C31H29N2Pr. The van der Waals surface area contributed by atoms with Crippen molar-refractivity contribution in [3.05, 3.63) is 148 Å². The van der Waals surface area contributed by atoms with E-state index in [1.54, 1.807) is 6.92 Å². The SMILES string of the molecule is [CH2-]C.[CH3-].[Pr+3].[c-]1ccccc1-c1ccc(-c2ccccc2)cn1.c1ccc(-c2ccccn2)cc1. The maximum absolute atomic E-state index is 4.49. The quantitative estimate of drug-likeness (QED) is 0.204. The molecule has 5 aromatic rings. The van der Waals surface area contributed by atoms with Gasteiger partial charge in [-0.05, 0) is 29.0 Å². The third-order valence-corrected chi connectivity index (χ3v) is 4.59. The fourth-order valence-corrected chi connectivity index (χ4v) is 3.05. The van der Waals surface area contributed by atoms with Gasteiger partial charge in [-0.2, -0.15) is 6.92 Å². The zero-order chi connectivity index (χ0) is 22.4. The molecule has 0 amide bonds. The average Bonchev–Trinajstić information content (AvgIpc) is 2.92. The van der Waals surface area contributed by atoms with Crippen molar-refractivity contribution in [3.8, 4) is 33.6 Å². The third kappa shape index (κ3) is 8.93. The van der Waals surface area contributed by atoms with Crippen LogP contribution in [-0.2, 0) is 0 Å². The number of nitrogens with zero attached hydrogens (tertiary/aromatic N) is 2. The fourth-order valence-electron chi connectivity index (χ4n) is 3.05. The van der Waals surface area contributed by atoms with E-state index in [4.69, 9.17) is 0 Å². The molecule has 0 radical (unpaired) electrons. The number of hydrogen-bond donors (Lipinski definition) is 0. The van der Waals surface area contributed by atoms with Gasteiger partial charge in [0.25, 0.3) is 0 Å². The molecule has 0 bridgehead atoms. The zero-order valence-electron chi connectivity index (χ0n) is 19.8. The van der Waals surface area contributed by atoms with E-state index in [1.807, 2.05) is 97.3 Å². The van der Waals surface area contributed by atoms with E-state index in [2.05, 4.69) is 53.3 Å². The van der Waals surface area contributed by atoms with Crippen LogP contribution in [0.2, 0.25) is 0 Å². The van der Waals surface area contributed by atoms with Gasteiger partial charge in [0.1, 0.15) is 0 Å². The molecular weight excluding hydrogens is 541 g/mol. The maximum Gasteiger partial charge on any atom is 3.00 e. The van der Waals surface area contributed by atoms with E-state index in [0.29, 0.717) is 0 Å². The molecule has 0 spiro atoms. The zero-order valence-corrected chi connectivity index (χ0v) is 23.5. The largest absolute Gasteiger partial charge is 3.00 e. The molecule has 3 heteroatoms. The second-order valence-corrected chi connectivity index (χ2v) is 6.66. The van der Waals surface area contributed by atoms with Crippen LogP contribution in [0.5, 0.6) is 0 Å². The smallest absolute Gasteiger partial charge is 0.358 e. The summed E-state index contributed by atoms with van der Waals surface area (Å²) in [4.78, 5) is 8.74. The second kappa shape index (κ2) is 16.9. The Morgan fingerprint density at radius 3 is 1.71 bits per heavy atom. The van der Waals surface area contributed by atoms with Crippen LogP contribution < -0.4 is 0 Å². The first-order valence-electron chi connectivity index (χ1n) is 10.6. The van der Waals surface area contributed by atoms with Gasteiger partial charge in [-0.1, -0.05) is 78.9 Å². The van der Waals surface area contributed by atoms with E-state index < -0.39 is 0 Å². The van der Waals surface area contributed by atoms with Crippen molar-refractivity contribution < 1.29 is 41.3 Å². The van der Waals surface area contributed by atoms with Crippen molar-refractivity contribution in [2.45, 2.75) is 6.92 Å². The second-order valence-electron chi connectivity index (χ2n) is 6.66. The van der Waals surface area contributed by atoms with E-state index in [9.17, 15) is 0 Å². The Morgan fingerprint density at radius 2 is 1.18 bits per heavy atom. The molecule has 0 unspecified atom stereocenters. The number of hydrogen-bond acceptors (Lipinski definition) is 2. The first kappa shape index (κ1) is 29.4. The molecule has 0 aliphatic carbocycles. The summed E-state index contributed by atoms with van der Waals surface area (Å²) in [5.41, 5.74) is 6.49. The van der Waals surface area contributed by atoms with Crippen LogP contribution in [0.25, 0.3) is 33.6 Å². The first-order chi connectivity index (χ1) is 15.9. The predicted molar refractivity (Wildman–Crippen MR) is 141 cm³/mol. The Kier molecular flexibility index (Phi) is 14.6. The van der Waals surface area contributed by atoms with Crippen LogP contribution in [0.4, 0.5) is 0 Å². The van der Waals surface area contributed by atoms with Crippen molar-refractivity contribution in [2.24, 2.45) is 0 Å². The van der Waals surface area contributed by atoms with E-state index in [-0.39, 0.29) is 48.7 Å². The van der Waals surface area contributed by atoms with E-state index in [1.165, 1.54) is 5.56 Å². The molecule has 5 rings (SSSR count). The average molecular weight is 570 g/mol.